The first kappa shape index (κ1) is 10.0. The fourth-order valence-corrected chi connectivity index (χ4v) is 1.86. The van der Waals surface area contributed by atoms with E-state index in [-0.39, 0.29) is 17.7 Å². The number of Topliss-reactive ketones (excluding diaryl/α,β-unsaturated/α-hetero) is 1. The van der Waals surface area contributed by atoms with E-state index in [1.807, 2.05) is 0 Å². The van der Waals surface area contributed by atoms with Crippen molar-refractivity contribution in [3.05, 3.63) is 0 Å². The van der Waals surface area contributed by atoms with Crippen LogP contribution in [-0.4, -0.2) is 23.0 Å². The zero-order valence-corrected chi connectivity index (χ0v) is 7.75. The first-order valence-corrected chi connectivity index (χ1v) is 4.59. The first-order chi connectivity index (χ1) is 6.09. The van der Waals surface area contributed by atoms with Crippen molar-refractivity contribution in [1.29, 1.82) is 0 Å². The lowest BCUT2D eigenvalue weighted by Crippen LogP contribution is -2.38. The Morgan fingerprint density at radius 2 is 2.08 bits per heavy atom. The molecule has 0 unspecified atom stereocenters. The molecule has 0 aliphatic heterocycles. The third kappa shape index (κ3) is 3.05. The quantitative estimate of drug-likeness (QED) is 0.683. The Balaban J connectivity index is 2.41. The van der Waals surface area contributed by atoms with Gasteiger partial charge in [0.2, 0.25) is 0 Å². The predicted molar refractivity (Wildman–Crippen MR) is 47.6 cm³/mol. The molecule has 0 heterocycles. The van der Waals surface area contributed by atoms with Crippen LogP contribution in [0.5, 0.6) is 0 Å². The van der Waals surface area contributed by atoms with E-state index in [9.17, 15) is 9.59 Å². The maximum absolute atomic E-state index is 11.1. The predicted octanol–water partition coefficient (Wildman–Crippen LogP) is 1.40. The number of carbonyl (C=O) groups excluding carboxylic acids is 1. The second kappa shape index (κ2) is 4.25. The summed E-state index contributed by atoms with van der Waals surface area (Å²) in [5.41, 5.74) is 0. The van der Waals surface area contributed by atoms with Crippen LogP contribution in [-0.2, 0) is 4.79 Å². The summed E-state index contributed by atoms with van der Waals surface area (Å²) in [6.45, 7) is 1.58. The van der Waals surface area contributed by atoms with Gasteiger partial charge in [-0.05, 0) is 26.2 Å². The Morgan fingerprint density at radius 3 is 2.62 bits per heavy atom. The molecule has 1 fully saturated rings. The maximum atomic E-state index is 11.1. The Labute approximate surface area is 77.3 Å². The van der Waals surface area contributed by atoms with Crippen LogP contribution in [0.3, 0.4) is 0 Å². The summed E-state index contributed by atoms with van der Waals surface area (Å²) >= 11 is 0. The summed E-state index contributed by atoms with van der Waals surface area (Å²) in [5.74, 6) is 0.238. The molecule has 0 aromatic carbocycles. The number of carbonyl (C=O) groups is 2. The topological polar surface area (TPSA) is 66.4 Å². The minimum absolute atomic E-state index is 0.0276. The van der Waals surface area contributed by atoms with Gasteiger partial charge >= 0.3 is 6.09 Å². The van der Waals surface area contributed by atoms with Crippen molar-refractivity contribution in [2.24, 2.45) is 5.92 Å². The van der Waals surface area contributed by atoms with E-state index in [1.54, 1.807) is 6.92 Å². The Kier molecular flexibility index (Phi) is 3.28. The van der Waals surface area contributed by atoms with Crippen LogP contribution < -0.4 is 5.32 Å². The first-order valence-electron chi connectivity index (χ1n) is 4.59. The van der Waals surface area contributed by atoms with Gasteiger partial charge in [-0.1, -0.05) is 6.42 Å². The van der Waals surface area contributed by atoms with Gasteiger partial charge in [0.1, 0.15) is 5.78 Å². The van der Waals surface area contributed by atoms with Gasteiger partial charge in [-0.25, -0.2) is 4.79 Å². The molecule has 0 bridgehead atoms. The summed E-state index contributed by atoms with van der Waals surface area (Å²) in [4.78, 5) is 21.4. The van der Waals surface area contributed by atoms with Crippen LogP contribution in [0.4, 0.5) is 4.79 Å². The number of carboxylic acid groups (broad SMARTS) is 1. The minimum atomic E-state index is -0.991. The molecule has 1 saturated carbocycles. The molecule has 0 radical (unpaired) electrons. The van der Waals surface area contributed by atoms with Crippen molar-refractivity contribution in [1.82, 2.24) is 5.32 Å². The average Bonchev–Trinajstić information content (AvgIpc) is 2.03. The molecule has 74 valence electrons. The number of rotatable bonds is 2. The highest BCUT2D eigenvalue weighted by Gasteiger charge is 2.25. The van der Waals surface area contributed by atoms with E-state index < -0.39 is 6.09 Å². The van der Waals surface area contributed by atoms with E-state index in [4.69, 9.17) is 5.11 Å². The summed E-state index contributed by atoms with van der Waals surface area (Å²) in [5, 5.41) is 10.9. The molecule has 4 heteroatoms. The second-order valence-electron chi connectivity index (χ2n) is 3.62. The zero-order valence-electron chi connectivity index (χ0n) is 7.75. The van der Waals surface area contributed by atoms with Crippen molar-refractivity contribution in [3.63, 3.8) is 0 Å². The van der Waals surface area contributed by atoms with E-state index in [0.29, 0.717) is 6.42 Å². The second-order valence-corrected chi connectivity index (χ2v) is 3.62. The lowest BCUT2D eigenvalue weighted by atomic mass is 9.83. The third-order valence-corrected chi connectivity index (χ3v) is 2.58. The van der Waals surface area contributed by atoms with Gasteiger partial charge in [0.15, 0.2) is 0 Å². The lowest BCUT2D eigenvalue weighted by Gasteiger charge is -2.27. The molecule has 1 aliphatic carbocycles. The van der Waals surface area contributed by atoms with Gasteiger partial charge in [0.05, 0.1) is 0 Å². The van der Waals surface area contributed by atoms with E-state index in [2.05, 4.69) is 5.32 Å². The Morgan fingerprint density at radius 1 is 1.38 bits per heavy atom. The highest BCUT2D eigenvalue weighted by molar-refractivity contribution is 5.78. The molecule has 2 atom stereocenters. The third-order valence-electron chi connectivity index (χ3n) is 2.58. The van der Waals surface area contributed by atoms with E-state index >= 15 is 0 Å². The summed E-state index contributed by atoms with van der Waals surface area (Å²) < 4.78 is 0. The molecule has 0 aromatic heterocycles. The SMILES string of the molecule is CC(=O)[C@H]1CCC[C@@H](NC(=O)O)C1. The molecular weight excluding hydrogens is 170 g/mol. The van der Waals surface area contributed by atoms with Crippen LogP contribution in [0.2, 0.25) is 0 Å². The van der Waals surface area contributed by atoms with Gasteiger partial charge in [0, 0.05) is 12.0 Å². The van der Waals surface area contributed by atoms with Gasteiger partial charge in [-0.15, -0.1) is 0 Å². The van der Waals surface area contributed by atoms with Gasteiger partial charge < -0.3 is 10.4 Å². The van der Waals surface area contributed by atoms with Gasteiger partial charge in [-0.2, -0.15) is 0 Å². The molecular formula is C9H15NO3. The zero-order chi connectivity index (χ0) is 9.84. The van der Waals surface area contributed by atoms with Gasteiger partial charge in [-0.3, -0.25) is 4.79 Å². The van der Waals surface area contributed by atoms with Gasteiger partial charge in [0.25, 0.3) is 0 Å². The van der Waals surface area contributed by atoms with E-state index in [0.717, 1.165) is 19.3 Å². The number of nitrogens with one attached hydrogen (secondary N) is 1. The molecule has 13 heavy (non-hydrogen) atoms. The molecule has 2 N–H and O–H groups in total. The molecule has 0 saturated heterocycles. The molecule has 1 rings (SSSR count). The van der Waals surface area contributed by atoms with Crippen molar-refractivity contribution in [3.8, 4) is 0 Å². The fourth-order valence-electron chi connectivity index (χ4n) is 1.86. The fraction of sp³-hybridized carbons (Fsp3) is 0.778. The Hall–Kier alpha value is -1.06. The molecule has 0 aromatic rings. The molecule has 1 aliphatic rings. The van der Waals surface area contributed by atoms with E-state index in [1.165, 1.54) is 0 Å². The van der Waals surface area contributed by atoms with Crippen molar-refractivity contribution < 1.29 is 14.7 Å². The number of hydrogen-bond acceptors (Lipinski definition) is 2. The molecule has 1 amide bonds. The highest BCUT2D eigenvalue weighted by atomic mass is 16.4. The van der Waals surface area contributed by atoms with Crippen molar-refractivity contribution in [2.75, 3.05) is 0 Å². The van der Waals surface area contributed by atoms with Crippen LogP contribution in [0, 0.1) is 5.92 Å². The summed E-state index contributed by atoms with van der Waals surface area (Å²) in [6.07, 6.45) is 2.38. The van der Waals surface area contributed by atoms with Crippen LogP contribution >= 0.6 is 0 Å². The van der Waals surface area contributed by atoms with Crippen molar-refractivity contribution in [2.45, 2.75) is 38.6 Å². The number of ketones is 1. The van der Waals surface area contributed by atoms with Crippen molar-refractivity contribution >= 4 is 11.9 Å². The smallest absolute Gasteiger partial charge is 0.404 e. The van der Waals surface area contributed by atoms with Crippen LogP contribution in [0.1, 0.15) is 32.6 Å². The highest BCUT2D eigenvalue weighted by Crippen LogP contribution is 2.24. The average molecular weight is 185 g/mol. The lowest BCUT2D eigenvalue weighted by molar-refractivity contribution is -0.121. The monoisotopic (exact) mass is 185 g/mol. The molecule has 0 spiro atoms. The van der Waals surface area contributed by atoms with Crippen LogP contribution in [0.15, 0.2) is 0 Å². The Bertz CT molecular complexity index is 215. The largest absolute Gasteiger partial charge is 0.465 e. The molecule has 4 nitrogen and oxygen atoms in total. The normalized spacial score (nSPS) is 28.1. The minimum Gasteiger partial charge on any atom is -0.465 e. The standard InChI is InChI=1S/C9H15NO3/c1-6(11)7-3-2-4-8(5-7)10-9(12)13/h7-8,10H,2-5H2,1H3,(H,12,13)/t7-,8+/m0/s1. The summed E-state index contributed by atoms with van der Waals surface area (Å²) in [6, 6.07) is -0.0276. The maximum Gasteiger partial charge on any atom is 0.404 e. The van der Waals surface area contributed by atoms with Crippen LogP contribution in [0.25, 0.3) is 0 Å². The number of amides is 1. The summed E-state index contributed by atoms with van der Waals surface area (Å²) in [7, 11) is 0. The number of hydrogen-bond donors (Lipinski definition) is 2.